The minimum atomic E-state index is -1.95. The van der Waals surface area contributed by atoms with Gasteiger partial charge in [0.2, 0.25) is 0 Å². The summed E-state index contributed by atoms with van der Waals surface area (Å²) in [5.74, 6) is -0.0438. The van der Waals surface area contributed by atoms with E-state index in [-0.39, 0.29) is 5.97 Å². The van der Waals surface area contributed by atoms with E-state index >= 15 is 0 Å². The lowest BCUT2D eigenvalue weighted by Crippen LogP contribution is -2.39. The minimum absolute atomic E-state index is 0.0438. The van der Waals surface area contributed by atoms with Gasteiger partial charge in [-0.3, -0.25) is 4.79 Å². The molecular weight excluding hydrogens is 314 g/mol. The van der Waals surface area contributed by atoms with Crippen LogP contribution in [0.15, 0.2) is 0 Å². The van der Waals surface area contributed by atoms with Crippen LogP contribution in [-0.2, 0) is 18.1 Å². The fraction of sp³-hybridized carbons (Fsp3) is 0.933. The van der Waals surface area contributed by atoms with Crippen LogP contribution in [-0.4, -0.2) is 50.2 Å². The van der Waals surface area contributed by atoms with E-state index in [4.69, 9.17) is 13.3 Å². The molecule has 0 aromatic carbocycles. The average molecular weight is 350 g/mol. The summed E-state index contributed by atoms with van der Waals surface area (Å²) in [4.78, 5) is 12.0. The van der Waals surface area contributed by atoms with E-state index in [1.165, 1.54) is 0 Å². The Balaban J connectivity index is 3.86. The van der Waals surface area contributed by atoms with Crippen molar-refractivity contribution >= 4 is 22.8 Å². The van der Waals surface area contributed by atoms with Gasteiger partial charge in [-0.1, -0.05) is 20.8 Å². The Morgan fingerprint density at radius 2 is 1.55 bits per heavy atom. The topological polar surface area (TPSA) is 56.8 Å². The fourth-order valence-electron chi connectivity index (χ4n) is 2.40. The van der Waals surface area contributed by atoms with Gasteiger partial charge in [0.05, 0.1) is 6.42 Å². The number of hydrogen-bond acceptors (Lipinski definition) is 5. The van der Waals surface area contributed by atoms with Crippen molar-refractivity contribution in [2.24, 2.45) is 0 Å². The lowest BCUT2D eigenvalue weighted by atomic mass is 10.4. The van der Waals surface area contributed by atoms with Crippen molar-refractivity contribution in [1.29, 1.82) is 0 Å². The lowest BCUT2D eigenvalue weighted by Gasteiger charge is -2.27. The molecule has 0 atom stereocenters. The number of carbonyl (C=O) groups excluding carboxylic acids is 1. The van der Waals surface area contributed by atoms with Crippen molar-refractivity contribution in [2.45, 2.75) is 64.3 Å². The van der Waals surface area contributed by atoms with Gasteiger partial charge >= 0.3 is 8.56 Å². The van der Waals surface area contributed by atoms with E-state index in [1.807, 2.05) is 0 Å². The van der Waals surface area contributed by atoms with Crippen LogP contribution in [0.4, 0.5) is 0 Å². The van der Waals surface area contributed by atoms with Crippen molar-refractivity contribution in [3.8, 4) is 0 Å². The molecule has 0 radical (unpaired) electrons. The largest absolute Gasteiger partial charge is 0.519 e. The average Bonchev–Trinajstić information content (AvgIpc) is 2.55. The molecule has 0 spiro atoms. The number of nitrogens with one attached hydrogen (secondary N) is 1. The van der Waals surface area contributed by atoms with E-state index in [0.29, 0.717) is 13.0 Å². The molecule has 0 saturated carbocycles. The Labute approximate surface area is 138 Å². The standard InChI is InChI=1S/C15H35NO4Si2/c1-7-22(8-2,9-3)20-15(17)11-13-16-12-10-14-21(6,18-4)19-5/h16H,7-14H2,1-6H3. The third-order valence-corrected chi connectivity index (χ3v) is 12.1. The van der Waals surface area contributed by atoms with Gasteiger partial charge in [-0.2, -0.15) is 0 Å². The summed E-state index contributed by atoms with van der Waals surface area (Å²) >= 11 is 0. The minimum Gasteiger partial charge on any atom is -0.519 e. The molecule has 0 saturated heterocycles. The van der Waals surface area contributed by atoms with Crippen LogP contribution in [0.3, 0.4) is 0 Å². The highest BCUT2D eigenvalue weighted by molar-refractivity contribution is 6.74. The van der Waals surface area contributed by atoms with Crippen LogP contribution >= 0.6 is 0 Å². The van der Waals surface area contributed by atoms with Gasteiger partial charge in [-0.25, -0.2) is 0 Å². The van der Waals surface area contributed by atoms with Crippen molar-refractivity contribution in [3.63, 3.8) is 0 Å². The zero-order valence-electron chi connectivity index (χ0n) is 15.3. The van der Waals surface area contributed by atoms with Crippen molar-refractivity contribution in [2.75, 3.05) is 27.3 Å². The summed E-state index contributed by atoms with van der Waals surface area (Å²) < 4.78 is 16.7. The van der Waals surface area contributed by atoms with Crippen molar-refractivity contribution in [1.82, 2.24) is 5.32 Å². The molecule has 0 amide bonds. The molecule has 0 aromatic heterocycles. The molecule has 1 N–H and O–H groups in total. The van der Waals surface area contributed by atoms with Crippen LogP contribution in [0.1, 0.15) is 33.6 Å². The maximum Gasteiger partial charge on any atom is 0.334 e. The lowest BCUT2D eigenvalue weighted by molar-refractivity contribution is -0.135. The molecule has 5 nitrogen and oxygen atoms in total. The summed E-state index contributed by atoms with van der Waals surface area (Å²) in [5.41, 5.74) is 0. The molecule has 0 rings (SSSR count). The summed E-state index contributed by atoms with van der Waals surface area (Å²) in [6, 6.07) is 3.98. The van der Waals surface area contributed by atoms with Crippen molar-refractivity contribution in [3.05, 3.63) is 0 Å². The predicted molar refractivity (Wildman–Crippen MR) is 95.8 cm³/mol. The molecule has 0 heterocycles. The highest BCUT2D eigenvalue weighted by Crippen LogP contribution is 2.22. The van der Waals surface area contributed by atoms with Crippen LogP contribution < -0.4 is 5.32 Å². The Kier molecular flexibility index (Phi) is 11.2. The molecule has 0 aliphatic heterocycles. The monoisotopic (exact) mass is 349 g/mol. The van der Waals surface area contributed by atoms with Gasteiger partial charge in [0.15, 0.2) is 0 Å². The first-order valence-corrected chi connectivity index (χ1v) is 13.5. The molecule has 0 aliphatic rings. The second-order valence-corrected chi connectivity index (χ2v) is 14.1. The molecule has 132 valence electrons. The first-order chi connectivity index (χ1) is 10.4. The highest BCUT2D eigenvalue weighted by Gasteiger charge is 2.32. The quantitative estimate of drug-likeness (QED) is 0.408. The SMILES string of the molecule is CC[Si](CC)(CC)OC(=O)CCNCCC[Si](C)(OC)OC. The first kappa shape index (κ1) is 21.8. The normalized spacial score (nSPS) is 12.5. The Bertz CT molecular complexity index is 300. The van der Waals surface area contributed by atoms with E-state index < -0.39 is 16.9 Å². The van der Waals surface area contributed by atoms with E-state index in [1.54, 1.807) is 14.2 Å². The van der Waals surface area contributed by atoms with Gasteiger partial charge in [-0.05, 0) is 43.7 Å². The van der Waals surface area contributed by atoms with Gasteiger partial charge in [0.1, 0.15) is 0 Å². The van der Waals surface area contributed by atoms with E-state index in [0.717, 1.165) is 37.1 Å². The predicted octanol–water partition coefficient (Wildman–Crippen LogP) is 3.27. The summed E-state index contributed by atoms with van der Waals surface area (Å²) in [5, 5.41) is 3.30. The second-order valence-electron chi connectivity index (χ2n) is 5.86. The van der Waals surface area contributed by atoms with Gasteiger partial charge in [0, 0.05) is 20.8 Å². The molecule has 0 bridgehead atoms. The number of rotatable bonds is 13. The molecule has 0 fully saturated rings. The maximum atomic E-state index is 12.0. The highest BCUT2D eigenvalue weighted by atomic mass is 28.4. The Hall–Kier alpha value is -0.216. The number of hydrogen-bond donors (Lipinski definition) is 1. The molecule has 22 heavy (non-hydrogen) atoms. The third kappa shape index (κ3) is 7.87. The molecule has 0 unspecified atom stereocenters. The zero-order chi connectivity index (χ0) is 17.1. The van der Waals surface area contributed by atoms with Crippen LogP contribution in [0.2, 0.25) is 30.7 Å². The van der Waals surface area contributed by atoms with E-state index in [9.17, 15) is 4.79 Å². The summed E-state index contributed by atoms with van der Waals surface area (Å²) in [7, 11) is -0.322. The van der Waals surface area contributed by atoms with E-state index in [2.05, 4.69) is 32.6 Å². The first-order valence-electron chi connectivity index (χ1n) is 8.43. The Morgan fingerprint density at radius 3 is 2.00 bits per heavy atom. The van der Waals surface area contributed by atoms with Crippen LogP contribution in [0.5, 0.6) is 0 Å². The van der Waals surface area contributed by atoms with Gasteiger partial charge < -0.3 is 18.6 Å². The number of carbonyl (C=O) groups is 1. The van der Waals surface area contributed by atoms with Gasteiger partial charge in [0.25, 0.3) is 14.3 Å². The van der Waals surface area contributed by atoms with Crippen molar-refractivity contribution < 1.29 is 18.1 Å². The Morgan fingerprint density at radius 1 is 1.00 bits per heavy atom. The smallest absolute Gasteiger partial charge is 0.334 e. The van der Waals surface area contributed by atoms with Gasteiger partial charge in [-0.15, -0.1) is 0 Å². The summed E-state index contributed by atoms with van der Waals surface area (Å²) in [6.07, 6.45) is 1.45. The third-order valence-electron chi connectivity index (χ3n) is 4.62. The zero-order valence-corrected chi connectivity index (χ0v) is 17.3. The molecule has 7 heteroatoms. The molecular formula is C15H35NO4Si2. The molecule has 0 aromatic rings. The summed E-state index contributed by atoms with van der Waals surface area (Å²) in [6.45, 7) is 10.0. The van der Waals surface area contributed by atoms with Crippen LogP contribution in [0.25, 0.3) is 0 Å². The maximum absolute atomic E-state index is 12.0. The van der Waals surface area contributed by atoms with Crippen LogP contribution in [0, 0.1) is 0 Å². The fourth-order valence-corrected chi connectivity index (χ4v) is 6.31. The second kappa shape index (κ2) is 11.3. The molecule has 0 aliphatic carbocycles.